The van der Waals surface area contributed by atoms with Gasteiger partial charge in [0.2, 0.25) is 0 Å². The summed E-state index contributed by atoms with van der Waals surface area (Å²) in [6.07, 6.45) is 0. The van der Waals surface area contributed by atoms with Crippen LogP contribution in [0.25, 0.3) is 0 Å². The second-order valence-electron chi connectivity index (χ2n) is 3.75. The van der Waals surface area contributed by atoms with E-state index in [1.54, 1.807) is 13.2 Å². The normalized spacial score (nSPS) is 10.1. The van der Waals surface area contributed by atoms with Crippen molar-refractivity contribution >= 4 is 15.9 Å². The lowest BCUT2D eigenvalue weighted by atomic mass is 10.2. The van der Waals surface area contributed by atoms with E-state index in [4.69, 9.17) is 9.47 Å². The molecule has 0 fully saturated rings. The van der Waals surface area contributed by atoms with Gasteiger partial charge < -0.3 is 14.6 Å². The molecule has 0 radical (unpaired) electrons. The number of methoxy groups -OCH3 is 1. The number of phenolic OH excluding ortho intramolecular Hbond substituents is 1. The van der Waals surface area contributed by atoms with Crippen LogP contribution in [0, 0.1) is 0 Å². The quantitative estimate of drug-likeness (QED) is 0.935. The monoisotopic (exact) mass is 308 g/mol. The van der Waals surface area contributed by atoms with Crippen LogP contribution in [0.4, 0.5) is 0 Å². The van der Waals surface area contributed by atoms with Gasteiger partial charge in [-0.15, -0.1) is 0 Å². The molecule has 0 saturated heterocycles. The van der Waals surface area contributed by atoms with Gasteiger partial charge in [-0.25, -0.2) is 0 Å². The number of rotatable bonds is 4. The average Bonchev–Trinajstić information content (AvgIpc) is 2.40. The van der Waals surface area contributed by atoms with Crippen LogP contribution in [0.2, 0.25) is 0 Å². The van der Waals surface area contributed by atoms with Gasteiger partial charge in [0.1, 0.15) is 23.9 Å². The number of phenols is 1. The lowest BCUT2D eigenvalue weighted by Crippen LogP contribution is -1.95. The fraction of sp³-hybridized carbons (Fsp3) is 0.143. The van der Waals surface area contributed by atoms with Crippen LogP contribution in [0.1, 0.15) is 5.56 Å². The van der Waals surface area contributed by atoms with E-state index in [-0.39, 0.29) is 5.75 Å². The number of aromatic hydroxyl groups is 1. The van der Waals surface area contributed by atoms with Gasteiger partial charge in [0.15, 0.2) is 0 Å². The molecular formula is C14H13BrO3. The largest absolute Gasteiger partial charge is 0.507 e. The Balaban J connectivity index is 2.04. The van der Waals surface area contributed by atoms with Crippen LogP contribution in [0.15, 0.2) is 46.9 Å². The molecule has 0 heterocycles. The molecule has 0 atom stereocenters. The highest BCUT2D eigenvalue weighted by Gasteiger charge is 2.01. The Morgan fingerprint density at radius 2 is 1.89 bits per heavy atom. The van der Waals surface area contributed by atoms with Gasteiger partial charge >= 0.3 is 0 Å². The van der Waals surface area contributed by atoms with Gasteiger partial charge in [0.05, 0.1) is 11.6 Å². The first kappa shape index (κ1) is 12.8. The molecule has 0 aromatic heterocycles. The first-order valence-corrected chi connectivity index (χ1v) is 6.22. The summed E-state index contributed by atoms with van der Waals surface area (Å²) in [5, 5.41) is 9.39. The van der Waals surface area contributed by atoms with Crippen molar-refractivity contribution in [3.63, 3.8) is 0 Å². The Hall–Kier alpha value is -1.68. The standard InChI is InChI=1S/C14H13BrO3/c1-17-11-3-2-4-12(8-11)18-9-10-5-6-14(16)13(15)7-10/h2-8,16H,9H2,1H3. The maximum atomic E-state index is 9.39. The Morgan fingerprint density at radius 3 is 2.61 bits per heavy atom. The maximum absolute atomic E-state index is 9.39. The number of hydrogen-bond acceptors (Lipinski definition) is 3. The first-order chi connectivity index (χ1) is 8.69. The summed E-state index contributed by atoms with van der Waals surface area (Å²) in [7, 11) is 1.62. The minimum absolute atomic E-state index is 0.222. The van der Waals surface area contributed by atoms with Gasteiger partial charge in [-0.2, -0.15) is 0 Å². The fourth-order valence-electron chi connectivity index (χ4n) is 1.50. The van der Waals surface area contributed by atoms with E-state index < -0.39 is 0 Å². The zero-order valence-electron chi connectivity index (χ0n) is 9.89. The molecule has 0 saturated carbocycles. The fourth-order valence-corrected chi connectivity index (χ4v) is 1.92. The minimum Gasteiger partial charge on any atom is -0.507 e. The lowest BCUT2D eigenvalue weighted by molar-refractivity contribution is 0.303. The second-order valence-corrected chi connectivity index (χ2v) is 4.61. The van der Waals surface area contributed by atoms with E-state index in [1.807, 2.05) is 36.4 Å². The Labute approximate surface area is 114 Å². The molecule has 0 unspecified atom stereocenters. The molecule has 0 aliphatic heterocycles. The van der Waals surface area contributed by atoms with Crippen molar-refractivity contribution in [1.82, 2.24) is 0 Å². The lowest BCUT2D eigenvalue weighted by Gasteiger charge is -2.08. The van der Waals surface area contributed by atoms with E-state index in [1.165, 1.54) is 0 Å². The zero-order chi connectivity index (χ0) is 13.0. The zero-order valence-corrected chi connectivity index (χ0v) is 11.5. The summed E-state index contributed by atoms with van der Waals surface area (Å²) >= 11 is 3.27. The maximum Gasteiger partial charge on any atom is 0.129 e. The molecule has 4 heteroatoms. The molecule has 94 valence electrons. The molecule has 0 aliphatic rings. The number of halogens is 1. The van der Waals surface area contributed by atoms with Gasteiger partial charge in [-0.3, -0.25) is 0 Å². The minimum atomic E-state index is 0.222. The number of benzene rings is 2. The SMILES string of the molecule is COc1cccc(OCc2ccc(O)c(Br)c2)c1. The Morgan fingerprint density at radius 1 is 1.11 bits per heavy atom. The molecule has 2 aromatic carbocycles. The van der Waals surface area contributed by atoms with E-state index in [0.717, 1.165) is 17.1 Å². The highest BCUT2D eigenvalue weighted by Crippen LogP contribution is 2.25. The van der Waals surface area contributed by atoms with Crippen molar-refractivity contribution in [2.24, 2.45) is 0 Å². The van der Waals surface area contributed by atoms with Crippen LogP contribution < -0.4 is 9.47 Å². The molecule has 0 amide bonds. The molecule has 0 spiro atoms. The van der Waals surface area contributed by atoms with E-state index in [0.29, 0.717) is 11.1 Å². The van der Waals surface area contributed by atoms with Crippen molar-refractivity contribution < 1.29 is 14.6 Å². The Bertz CT molecular complexity index is 540. The van der Waals surface area contributed by atoms with Crippen LogP contribution in [0.5, 0.6) is 17.2 Å². The first-order valence-electron chi connectivity index (χ1n) is 5.43. The summed E-state index contributed by atoms with van der Waals surface area (Å²) in [6.45, 7) is 0.437. The summed E-state index contributed by atoms with van der Waals surface area (Å²) < 4.78 is 11.4. The number of hydrogen-bond donors (Lipinski definition) is 1. The summed E-state index contributed by atoms with van der Waals surface area (Å²) in [4.78, 5) is 0. The predicted molar refractivity (Wildman–Crippen MR) is 73.1 cm³/mol. The third-order valence-corrected chi connectivity index (χ3v) is 3.09. The second kappa shape index (κ2) is 5.78. The number of ether oxygens (including phenoxy) is 2. The molecule has 2 rings (SSSR count). The molecule has 3 nitrogen and oxygen atoms in total. The van der Waals surface area contributed by atoms with Crippen LogP contribution in [-0.2, 0) is 6.61 Å². The Kier molecular flexibility index (Phi) is 4.10. The van der Waals surface area contributed by atoms with Crippen molar-refractivity contribution in [2.45, 2.75) is 6.61 Å². The van der Waals surface area contributed by atoms with Crippen LogP contribution in [0.3, 0.4) is 0 Å². The molecule has 2 aromatic rings. The summed E-state index contributed by atoms with van der Waals surface area (Å²) in [5.74, 6) is 1.73. The smallest absolute Gasteiger partial charge is 0.129 e. The van der Waals surface area contributed by atoms with Crippen LogP contribution in [-0.4, -0.2) is 12.2 Å². The average molecular weight is 309 g/mol. The topological polar surface area (TPSA) is 38.7 Å². The van der Waals surface area contributed by atoms with Crippen molar-refractivity contribution in [1.29, 1.82) is 0 Å². The van der Waals surface area contributed by atoms with E-state index in [2.05, 4.69) is 15.9 Å². The summed E-state index contributed by atoms with van der Waals surface area (Å²) in [6, 6.07) is 12.7. The van der Waals surface area contributed by atoms with Crippen molar-refractivity contribution in [2.75, 3.05) is 7.11 Å². The van der Waals surface area contributed by atoms with Crippen LogP contribution >= 0.6 is 15.9 Å². The van der Waals surface area contributed by atoms with Gasteiger partial charge in [-0.05, 0) is 45.8 Å². The molecule has 0 aliphatic carbocycles. The van der Waals surface area contributed by atoms with E-state index >= 15 is 0 Å². The molecular weight excluding hydrogens is 296 g/mol. The summed E-state index contributed by atoms with van der Waals surface area (Å²) in [5.41, 5.74) is 0.975. The third-order valence-electron chi connectivity index (χ3n) is 2.46. The van der Waals surface area contributed by atoms with Gasteiger partial charge in [0, 0.05) is 6.07 Å². The molecule has 1 N–H and O–H groups in total. The third kappa shape index (κ3) is 3.17. The highest BCUT2D eigenvalue weighted by molar-refractivity contribution is 9.10. The molecule has 18 heavy (non-hydrogen) atoms. The molecule has 0 bridgehead atoms. The van der Waals surface area contributed by atoms with Gasteiger partial charge in [-0.1, -0.05) is 12.1 Å². The van der Waals surface area contributed by atoms with Crippen molar-refractivity contribution in [3.8, 4) is 17.2 Å². The van der Waals surface area contributed by atoms with Gasteiger partial charge in [0.25, 0.3) is 0 Å². The van der Waals surface area contributed by atoms with E-state index in [9.17, 15) is 5.11 Å². The highest BCUT2D eigenvalue weighted by atomic mass is 79.9. The predicted octanol–water partition coefficient (Wildman–Crippen LogP) is 3.74. The van der Waals surface area contributed by atoms with Crippen molar-refractivity contribution in [3.05, 3.63) is 52.5 Å².